The van der Waals surface area contributed by atoms with E-state index in [0.29, 0.717) is 24.3 Å². The van der Waals surface area contributed by atoms with Crippen LogP contribution in [0.2, 0.25) is 0 Å². The molecule has 1 saturated heterocycles. The number of aromatic nitrogens is 3. The Morgan fingerprint density at radius 2 is 1.86 bits per heavy atom. The normalized spacial score (nSPS) is 17.2. The molecular formula is C21H30ClN5O. The molecule has 28 heavy (non-hydrogen) atoms. The van der Waals surface area contributed by atoms with Crippen molar-refractivity contribution in [2.24, 2.45) is 0 Å². The Labute approximate surface area is 173 Å². The molecule has 1 aliphatic heterocycles. The topological polar surface area (TPSA) is 63.1 Å². The number of nitrogens with one attached hydrogen (secondary N) is 1. The molecule has 0 atom stereocenters. The Bertz CT molecular complexity index is 839. The Kier molecular flexibility index (Phi) is 6.40. The number of halogens is 1. The number of rotatable bonds is 5. The van der Waals surface area contributed by atoms with Gasteiger partial charge in [-0.05, 0) is 76.2 Å². The van der Waals surface area contributed by atoms with Gasteiger partial charge >= 0.3 is 0 Å². The molecular weight excluding hydrogens is 374 g/mol. The summed E-state index contributed by atoms with van der Waals surface area (Å²) in [4.78, 5) is 15.3. The number of carbonyl (C=O) groups excluding carboxylic acids is 1. The quantitative estimate of drug-likeness (QED) is 0.831. The van der Waals surface area contributed by atoms with E-state index in [0.717, 1.165) is 44.5 Å². The first-order valence-corrected chi connectivity index (χ1v) is 10.0. The van der Waals surface area contributed by atoms with Gasteiger partial charge in [-0.25, -0.2) is 4.68 Å². The molecule has 1 N–H and O–H groups in total. The highest BCUT2D eigenvalue weighted by atomic mass is 35.5. The first-order valence-electron chi connectivity index (χ1n) is 10.0. The molecule has 1 aromatic carbocycles. The Morgan fingerprint density at radius 3 is 2.50 bits per heavy atom. The van der Waals surface area contributed by atoms with Crippen LogP contribution in [-0.4, -0.2) is 44.9 Å². The molecule has 2 fully saturated rings. The molecule has 0 bridgehead atoms. The minimum Gasteiger partial charge on any atom is -0.330 e. The van der Waals surface area contributed by atoms with E-state index in [1.807, 2.05) is 16.5 Å². The van der Waals surface area contributed by atoms with Gasteiger partial charge in [0.1, 0.15) is 0 Å². The lowest BCUT2D eigenvalue weighted by Gasteiger charge is -2.24. The highest BCUT2D eigenvalue weighted by molar-refractivity contribution is 5.93. The molecule has 0 spiro atoms. The lowest BCUT2D eigenvalue weighted by molar-refractivity contribution is 0.0723. The number of hydrogen-bond acceptors (Lipinski definition) is 4. The van der Waals surface area contributed by atoms with Crippen LogP contribution in [0.25, 0.3) is 0 Å². The average molecular weight is 404 g/mol. The maximum Gasteiger partial charge on any atom is 0.276 e. The number of piperidine rings is 1. The molecule has 2 heterocycles. The number of benzene rings is 1. The van der Waals surface area contributed by atoms with Gasteiger partial charge in [0.2, 0.25) is 0 Å². The molecule has 2 aromatic rings. The molecule has 0 unspecified atom stereocenters. The second-order valence-electron chi connectivity index (χ2n) is 8.03. The summed E-state index contributed by atoms with van der Waals surface area (Å²) >= 11 is 0. The van der Waals surface area contributed by atoms with Crippen LogP contribution in [0.1, 0.15) is 64.6 Å². The summed E-state index contributed by atoms with van der Waals surface area (Å²) in [5, 5.41) is 12.0. The third kappa shape index (κ3) is 4.23. The number of aryl methyl sites for hydroxylation is 2. The summed E-state index contributed by atoms with van der Waals surface area (Å²) in [7, 11) is 0. The Hall–Kier alpha value is -1.92. The fourth-order valence-corrected chi connectivity index (χ4v) is 3.92. The van der Waals surface area contributed by atoms with E-state index in [1.165, 1.54) is 16.7 Å². The van der Waals surface area contributed by atoms with Crippen molar-refractivity contribution in [3.63, 3.8) is 0 Å². The first kappa shape index (κ1) is 20.8. The van der Waals surface area contributed by atoms with Gasteiger partial charge in [-0.2, -0.15) is 0 Å². The van der Waals surface area contributed by atoms with Gasteiger partial charge in [0.05, 0.1) is 11.7 Å². The van der Waals surface area contributed by atoms with E-state index in [9.17, 15) is 4.79 Å². The number of nitrogens with zero attached hydrogens (tertiary/aromatic N) is 4. The summed E-state index contributed by atoms with van der Waals surface area (Å²) < 4.78 is 1.97. The smallest absolute Gasteiger partial charge is 0.276 e. The number of amides is 1. The van der Waals surface area contributed by atoms with Crippen molar-refractivity contribution in [1.82, 2.24) is 25.2 Å². The molecule has 152 valence electrons. The molecule has 1 amide bonds. The van der Waals surface area contributed by atoms with Crippen molar-refractivity contribution >= 4 is 18.3 Å². The predicted octanol–water partition coefficient (Wildman–Crippen LogP) is 3.35. The van der Waals surface area contributed by atoms with E-state index in [2.05, 4.69) is 47.7 Å². The standard InChI is InChI=1S/C21H29N5O.ClH/c1-14-4-5-17(12-15(14)2)13-25(18-6-7-18)21(27)20-16(3)26(24-23-20)19-8-10-22-11-9-19;/h4-5,12,18-19,22H,6-11,13H2,1-3H3;1H. The van der Waals surface area contributed by atoms with Gasteiger partial charge < -0.3 is 10.2 Å². The van der Waals surface area contributed by atoms with Crippen LogP contribution in [0, 0.1) is 20.8 Å². The summed E-state index contributed by atoms with van der Waals surface area (Å²) in [6.07, 6.45) is 4.23. The minimum atomic E-state index is 0. The third-order valence-electron chi connectivity index (χ3n) is 5.96. The van der Waals surface area contributed by atoms with Crippen LogP contribution in [0.3, 0.4) is 0 Å². The van der Waals surface area contributed by atoms with Crippen LogP contribution >= 0.6 is 12.4 Å². The lowest BCUT2D eigenvalue weighted by Crippen LogP contribution is -2.33. The molecule has 1 aromatic heterocycles. The first-order chi connectivity index (χ1) is 13.0. The summed E-state index contributed by atoms with van der Waals surface area (Å²) in [6.45, 7) is 8.85. The average Bonchev–Trinajstić information content (AvgIpc) is 3.44. The molecule has 1 aliphatic carbocycles. The Morgan fingerprint density at radius 1 is 1.14 bits per heavy atom. The number of hydrogen-bond donors (Lipinski definition) is 1. The molecule has 4 rings (SSSR count). The zero-order chi connectivity index (χ0) is 19.0. The SMILES string of the molecule is Cc1ccc(CN(C(=O)c2nnn(C3CCNCC3)c2C)C2CC2)cc1C.Cl. The third-order valence-corrected chi connectivity index (χ3v) is 5.96. The van der Waals surface area contributed by atoms with E-state index in [1.54, 1.807) is 0 Å². The summed E-state index contributed by atoms with van der Waals surface area (Å²) in [5.74, 6) is 0.0217. The fourth-order valence-electron chi connectivity index (χ4n) is 3.92. The van der Waals surface area contributed by atoms with Gasteiger partial charge in [0, 0.05) is 12.6 Å². The van der Waals surface area contributed by atoms with Gasteiger partial charge in [0.15, 0.2) is 5.69 Å². The second-order valence-corrected chi connectivity index (χ2v) is 8.03. The van der Waals surface area contributed by atoms with Crippen LogP contribution in [0.15, 0.2) is 18.2 Å². The van der Waals surface area contributed by atoms with Gasteiger partial charge in [-0.3, -0.25) is 4.79 Å². The lowest BCUT2D eigenvalue weighted by atomic mass is 10.1. The molecule has 1 saturated carbocycles. The van der Waals surface area contributed by atoms with Gasteiger partial charge in [0.25, 0.3) is 5.91 Å². The van der Waals surface area contributed by atoms with E-state index in [4.69, 9.17) is 0 Å². The summed E-state index contributed by atoms with van der Waals surface area (Å²) in [6, 6.07) is 7.14. The van der Waals surface area contributed by atoms with Crippen LogP contribution in [-0.2, 0) is 6.54 Å². The predicted molar refractivity (Wildman–Crippen MR) is 112 cm³/mol. The minimum absolute atomic E-state index is 0. The molecule has 7 heteroatoms. The number of carbonyl (C=O) groups is 1. The molecule has 6 nitrogen and oxygen atoms in total. The monoisotopic (exact) mass is 403 g/mol. The molecule has 2 aliphatic rings. The van der Waals surface area contributed by atoms with Crippen molar-refractivity contribution in [2.45, 2.75) is 65.1 Å². The van der Waals surface area contributed by atoms with Crippen molar-refractivity contribution in [2.75, 3.05) is 13.1 Å². The van der Waals surface area contributed by atoms with Crippen LogP contribution in [0.5, 0.6) is 0 Å². The van der Waals surface area contributed by atoms with Gasteiger partial charge in [-0.15, -0.1) is 17.5 Å². The maximum atomic E-state index is 13.3. The van der Waals surface area contributed by atoms with E-state index in [-0.39, 0.29) is 18.3 Å². The van der Waals surface area contributed by atoms with Crippen LogP contribution in [0.4, 0.5) is 0 Å². The highest BCUT2D eigenvalue weighted by Crippen LogP contribution is 2.31. The van der Waals surface area contributed by atoms with Crippen molar-refractivity contribution in [1.29, 1.82) is 0 Å². The molecule has 0 radical (unpaired) electrons. The second kappa shape index (κ2) is 8.62. The van der Waals surface area contributed by atoms with E-state index >= 15 is 0 Å². The van der Waals surface area contributed by atoms with Crippen molar-refractivity contribution < 1.29 is 4.79 Å². The van der Waals surface area contributed by atoms with E-state index < -0.39 is 0 Å². The zero-order valence-corrected chi connectivity index (χ0v) is 17.8. The zero-order valence-electron chi connectivity index (χ0n) is 16.9. The highest BCUT2D eigenvalue weighted by Gasteiger charge is 2.35. The maximum absolute atomic E-state index is 13.3. The largest absolute Gasteiger partial charge is 0.330 e. The fraction of sp³-hybridized carbons (Fsp3) is 0.571. The van der Waals surface area contributed by atoms with Crippen LogP contribution < -0.4 is 5.32 Å². The Balaban J connectivity index is 0.00000225. The van der Waals surface area contributed by atoms with Crippen molar-refractivity contribution in [3.05, 3.63) is 46.3 Å². The van der Waals surface area contributed by atoms with Gasteiger partial charge in [-0.1, -0.05) is 23.4 Å². The van der Waals surface area contributed by atoms with Crippen molar-refractivity contribution in [3.8, 4) is 0 Å². The summed E-state index contributed by atoms with van der Waals surface area (Å²) in [5.41, 5.74) is 5.15.